The largest absolute Gasteiger partial charge is 4.00 e. The maximum absolute atomic E-state index is 10.2. The van der Waals surface area contributed by atoms with E-state index < -0.39 is 12.0 Å². The SMILES string of the molecule is CC(C)P(C(C)C)C(C)C.CC(C)P(C(C)C)C(C)C.CC(C)P(C(C)C)C(C)C.CC(C)P(C(C)C)C(C)C.CCCCC.N=c1cc[nH]c([O-])n1.Nc1ccnc([O-])n1.[H-].[H-].[H-].[H-].[H-].[H-].[Os+4].[Os+4]. The van der Waals surface area contributed by atoms with Crippen LogP contribution >= 0.6 is 31.7 Å². The summed E-state index contributed by atoms with van der Waals surface area (Å²) in [6, 6.07) is 1.85. The second kappa shape index (κ2) is 46.1. The Hall–Kier alpha value is 0.353. The first-order valence-corrected chi connectivity index (χ1v) is 29.7. The van der Waals surface area contributed by atoms with E-state index in [1.807, 2.05) is 0 Å². The van der Waals surface area contributed by atoms with Crippen molar-refractivity contribution in [3.8, 4) is 12.0 Å². The molecule has 0 saturated carbocycles. The van der Waals surface area contributed by atoms with E-state index in [0.29, 0.717) is 0 Å². The molecule has 0 aliphatic heterocycles. The minimum absolute atomic E-state index is 0. The van der Waals surface area contributed by atoms with Crippen molar-refractivity contribution in [1.82, 2.24) is 19.9 Å². The fraction of sp³-hybridized carbons (Fsp3) is 0.837. The molecule has 2 heterocycles. The summed E-state index contributed by atoms with van der Waals surface area (Å²) in [5.74, 6) is 0.213. The number of unbranched alkanes of at least 4 members (excludes halogenated alkanes) is 2. The summed E-state index contributed by atoms with van der Waals surface area (Å²) < 4.78 is 0. The average Bonchev–Trinajstić information content (AvgIpc) is 3.04. The van der Waals surface area contributed by atoms with E-state index in [1.54, 1.807) is 0 Å². The number of aromatic amines is 1. The van der Waals surface area contributed by atoms with Crippen LogP contribution < -0.4 is 21.4 Å². The van der Waals surface area contributed by atoms with Gasteiger partial charge in [-0.25, -0.2) is 9.97 Å². The van der Waals surface area contributed by atoms with E-state index in [1.165, 1.54) is 43.8 Å². The standard InChI is InChI=1S/4C9H21P.C5H12.2C4H5N3O.2Os.6H/c4*1-7(2)10(8(3)4)9(5)6;1-3-5-4-2;2*5-3-1-2-6-4(8)7-3;;;;;;;;/h4*7-9H,1-6H3;3-5H2,1-2H3;2*1-2H,(H3,5,6,7,8);;;;;;;;/q;;;;;;;2*+4;6*-1/p-2. The van der Waals surface area contributed by atoms with Crippen LogP contribution in [-0.2, 0) is 39.6 Å². The molecule has 0 saturated heterocycles. The first kappa shape index (κ1) is 77.6. The molecule has 0 aromatic carbocycles. The molecule has 0 radical (unpaired) electrons. The molecular weight excluding hydrogens is 1210 g/mol. The molecule has 0 aliphatic carbocycles. The van der Waals surface area contributed by atoms with Crippen LogP contribution in [0.2, 0.25) is 0 Å². The molecular formula is C49H110N6O2Os2P4. The number of nitrogen functional groups attached to an aromatic ring is 1. The number of nitrogens with zero attached hydrogens (tertiary/aromatic N) is 3. The third-order valence-electron chi connectivity index (χ3n) is 9.19. The van der Waals surface area contributed by atoms with E-state index in [2.05, 4.69) is 200 Å². The molecule has 14 heteroatoms. The van der Waals surface area contributed by atoms with Gasteiger partial charge in [-0.3, -0.25) is 10.4 Å². The molecule has 0 fully saturated rings. The quantitative estimate of drug-likeness (QED) is 0.160. The third-order valence-corrected chi connectivity index (χ3v) is 23.5. The molecule has 0 aliphatic rings. The Labute approximate surface area is 433 Å². The van der Waals surface area contributed by atoms with E-state index in [9.17, 15) is 10.2 Å². The minimum Gasteiger partial charge on any atom is -1.00 e. The molecule has 2 aromatic rings. The van der Waals surface area contributed by atoms with Crippen LogP contribution in [0.25, 0.3) is 0 Å². The molecule has 384 valence electrons. The Morgan fingerprint density at radius 2 is 0.762 bits per heavy atom. The number of aromatic nitrogens is 4. The topological polar surface area (TPSA) is 150 Å². The number of hydrogen-bond donors (Lipinski definition) is 3. The van der Waals surface area contributed by atoms with Crippen molar-refractivity contribution in [3.63, 3.8) is 0 Å². The van der Waals surface area contributed by atoms with E-state index >= 15 is 0 Å². The number of nitrogens with two attached hydrogens (primary N) is 1. The zero-order valence-electron chi connectivity index (χ0n) is 51.6. The van der Waals surface area contributed by atoms with Crippen molar-refractivity contribution in [3.05, 3.63) is 30.0 Å². The number of nitrogens with one attached hydrogen (secondary N) is 2. The van der Waals surface area contributed by atoms with Gasteiger partial charge in [-0.1, -0.05) is 231 Å². The van der Waals surface area contributed by atoms with Gasteiger partial charge >= 0.3 is 39.6 Å². The Morgan fingerprint density at radius 1 is 0.508 bits per heavy atom. The summed E-state index contributed by atoms with van der Waals surface area (Å²) in [6.45, 7) is 60.9. The van der Waals surface area contributed by atoms with Crippen molar-refractivity contribution in [2.24, 2.45) is 0 Å². The van der Waals surface area contributed by atoms with Gasteiger partial charge in [0.1, 0.15) is 11.3 Å². The molecule has 2 aromatic heterocycles. The minimum atomic E-state index is -0.537. The molecule has 0 atom stereocenters. The number of H-pyrrole nitrogens is 1. The molecule has 4 N–H and O–H groups in total. The summed E-state index contributed by atoms with van der Waals surface area (Å²) >= 11 is 0. The van der Waals surface area contributed by atoms with Crippen molar-refractivity contribution < 1.29 is 58.4 Å². The predicted molar refractivity (Wildman–Crippen MR) is 291 cm³/mol. The molecule has 0 amide bonds. The fourth-order valence-corrected chi connectivity index (χ4v) is 22.5. The first-order chi connectivity index (χ1) is 27.8. The van der Waals surface area contributed by atoms with Crippen molar-refractivity contribution >= 4 is 37.5 Å². The summed E-state index contributed by atoms with van der Waals surface area (Å²) in [6.07, 6.45) is 6.79. The van der Waals surface area contributed by atoms with Crippen molar-refractivity contribution in [2.75, 3.05) is 5.73 Å². The van der Waals surface area contributed by atoms with E-state index in [0.717, 1.165) is 67.9 Å². The van der Waals surface area contributed by atoms with Crippen LogP contribution in [-0.4, -0.2) is 87.8 Å². The molecule has 8 nitrogen and oxygen atoms in total. The summed E-state index contributed by atoms with van der Waals surface area (Å²) in [5.41, 5.74) is 15.9. The molecule has 2 rings (SSSR count). The first-order valence-electron chi connectivity index (χ1n) is 23.5. The van der Waals surface area contributed by atoms with Crippen LogP contribution in [0.1, 0.15) is 208 Å². The number of hydrogen-bond acceptors (Lipinski definition) is 7. The van der Waals surface area contributed by atoms with E-state index in [4.69, 9.17) is 11.1 Å². The second-order valence-corrected chi connectivity index (χ2v) is 34.8. The van der Waals surface area contributed by atoms with Gasteiger partial charge in [-0.15, -0.1) is 0 Å². The van der Waals surface area contributed by atoms with Gasteiger partial charge in [0.25, 0.3) is 0 Å². The van der Waals surface area contributed by atoms with Gasteiger partial charge in [0.05, 0.1) is 12.0 Å². The Morgan fingerprint density at radius 3 is 0.857 bits per heavy atom. The average molecular weight is 1320 g/mol. The fourth-order valence-electron chi connectivity index (χ4n) is 8.23. The predicted octanol–water partition coefficient (Wildman–Crippen LogP) is 15.7. The Balaban J connectivity index is -0.0000000476. The number of rotatable bonds is 14. The zero-order chi connectivity index (χ0) is 49.3. The molecule has 0 unspecified atom stereocenters. The van der Waals surface area contributed by atoms with Crippen molar-refractivity contribution in [1.29, 1.82) is 5.41 Å². The van der Waals surface area contributed by atoms with Gasteiger partial charge in [-0.2, -0.15) is 0 Å². The van der Waals surface area contributed by atoms with Gasteiger partial charge < -0.3 is 29.5 Å². The monoisotopic (exact) mass is 1320 g/mol. The third kappa shape index (κ3) is 45.9. The van der Waals surface area contributed by atoms with Crippen LogP contribution in [0.15, 0.2) is 24.5 Å². The summed E-state index contributed by atoms with van der Waals surface area (Å²) in [5, 5.41) is 27.2. The van der Waals surface area contributed by atoms with Crippen molar-refractivity contribution in [2.45, 2.75) is 267 Å². The van der Waals surface area contributed by atoms with Crippen LogP contribution in [0, 0.1) is 5.41 Å². The molecule has 63 heavy (non-hydrogen) atoms. The zero-order valence-corrected chi connectivity index (χ0v) is 54.2. The van der Waals surface area contributed by atoms with Gasteiger partial charge in [0, 0.05) is 12.4 Å². The maximum Gasteiger partial charge on any atom is 4.00 e. The van der Waals surface area contributed by atoms with Crippen LogP contribution in [0.3, 0.4) is 0 Å². The van der Waals surface area contributed by atoms with Gasteiger partial charge in [0.2, 0.25) is 0 Å². The van der Waals surface area contributed by atoms with E-state index in [-0.39, 0.29) is 91.1 Å². The van der Waals surface area contributed by atoms with Crippen LogP contribution in [0.4, 0.5) is 5.82 Å². The van der Waals surface area contributed by atoms with Crippen LogP contribution in [0.5, 0.6) is 12.0 Å². The summed E-state index contributed by atoms with van der Waals surface area (Å²) in [7, 11) is 1.05. The van der Waals surface area contributed by atoms with Gasteiger partial charge in [0.15, 0.2) is 0 Å². The number of anilines is 1. The van der Waals surface area contributed by atoms with Gasteiger partial charge in [-0.05, 0) is 80.0 Å². The maximum atomic E-state index is 10.2. The Kier molecular flexibility index (Phi) is 56.8. The summed E-state index contributed by atoms with van der Waals surface area (Å²) in [4.78, 5) is 12.1. The second-order valence-electron chi connectivity index (χ2n) is 18.8. The Bertz CT molecular complexity index is 1150. The molecule has 0 bridgehead atoms. The normalized spacial score (nSPS) is 11.0. The molecule has 0 spiro atoms. The smallest absolute Gasteiger partial charge is 1.00 e.